The van der Waals surface area contributed by atoms with Crippen LogP contribution in [0, 0.1) is 5.92 Å². The van der Waals surface area contributed by atoms with Gasteiger partial charge in [-0.15, -0.1) is 0 Å². The minimum absolute atomic E-state index is 0.0945. The van der Waals surface area contributed by atoms with Crippen molar-refractivity contribution in [3.8, 4) is 0 Å². The monoisotopic (exact) mass is 494 g/mol. The highest BCUT2D eigenvalue weighted by molar-refractivity contribution is 6.42. The molecule has 33 heavy (non-hydrogen) atoms. The lowest BCUT2D eigenvalue weighted by molar-refractivity contribution is -0.130. The first kappa shape index (κ1) is 25.5. The first-order chi connectivity index (χ1) is 15.9. The average Bonchev–Trinajstić information content (AvgIpc) is 3.01. The topological polar surface area (TPSA) is 73.0 Å². The molecule has 0 bridgehead atoms. The van der Waals surface area contributed by atoms with E-state index in [9.17, 15) is 14.4 Å². The summed E-state index contributed by atoms with van der Waals surface area (Å²) in [7, 11) is 1.69. The average molecular weight is 495 g/mol. The third kappa shape index (κ3) is 7.45. The summed E-state index contributed by atoms with van der Waals surface area (Å²) < 4.78 is 0. The number of likely N-dealkylation sites (tertiary alicyclic amines) is 1. The highest BCUT2D eigenvalue weighted by Crippen LogP contribution is 2.23. The van der Waals surface area contributed by atoms with E-state index < -0.39 is 0 Å². The molecule has 1 aromatic rings. The van der Waals surface area contributed by atoms with Gasteiger partial charge in [-0.1, -0.05) is 29.3 Å². The molecule has 0 aliphatic carbocycles. The Balaban J connectivity index is 1.42. The second kappa shape index (κ2) is 12.4. The Morgan fingerprint density at radius 3 is 2.52 bits per heavy atom. The van der Waals surface area contributed by atoms with Crippen LogP contribution in [-0.2, 0) is 14.4 Å². The van der Waals surface area contributed by atoms with E-state index in [-0.39, 0.29) is 23.6 Å². The zero-order valence-corrected chi connectivity index (χ0v) is 20.6. The molecule has 9 heteroatoms. The minimum atomic E-state index is -0.116. The molecule has 2 aliphatic heterocycles. The molecule has 2 fully saturated rings. The molecule has 180 valence electrons. The van der Waals surface area contributed by atoms with Crippen LogP contribution in [0.5, 0.6) is 0 Å². The van der Waals surface area contributed by atoms with Crippen LogP contribution in [0.1, 0.15) is 31.2 Å². The Morgan fingerprint density at radius 1 is 1.06 bits per heavy atom. The number of halogens is 2. The van der Waals surface area contributed by atoms with Crippen molar-refractivity contribution < 1.29 is 14.4 Å². The number of hydrogen-bond donors (Lipinski definition) is 1. The van der Waals surface area contributed by atoms with Crippen molar-refractivity contribution in [3.05, 3.63) is 39.9 Å². The Hall–Kier alpha value is -2.09. The molecule has 1 aromatic carbocycles. The number of nitrogens with zero attached hydrogens (tertiary/aromatic N) is 3. The number of carbonyl (C=O) groups is 3. The van der Waals surface area contributed by atoms with Gasteiger partial charge in [0, 0.05) is 51.6 Å². The molecule has 7 nitrogen and oxygen atoms in total. The Morgan fingerprint density at radius 2 is 1.82 bits per heavy atom. The van der Waals surface area contributed by atoms with Gasteiger partial charge < -0.3 is 20.0 Å². The summed E-state index contributed by atoms with van der Waals surface area (Å²) in [6.07, 6.45) is 6.22. The first-order valence-electron chi connectivity index (χ1n) is 11.5. The number of nitrogens with one attached hydrogen (secondary N) is 1. The molecule has 0 radical (unpaired) electrons. The molecule has 3 rings (SSSR count). The van der Waals surface area contributed by atoms with Crippen molar-refractivity contribution in [3.63, 3.8) is 0 Å². The van der Waals surface area contributed by atoms with Gasteiger partial charge in [0.15, 0.2) is 0 Å². The smallest absolute Gasteiger partial charge is 0.246 e. The van der Waals surface area contributed by atoms with E-state index >= 15 is 0 Å². The molecule has 1 N–H and O–H groups in total. The highest BCUT2D eigenvalue weighted by atomic mass is 35.5. The first-order valence-corrected chi connectivity index (χ1v) is 12.3. The maximum atomic E-state index is 12.6. The van der Waals surface area contributed by atoms with Gasteiger partial charge in [-0.25, -0.2) is 0 Å². The van der Waals surface area contributed by atoms with Gasteiger partial charge in [-0.2, -0.15) is 0 Å². The van der Waals surface area contributed by atoms with Gasteiger partial charge in [-0.3, -0.25) is 14.4 Å². The molecule has 0 atom stereocenters. The molecule has 0 unspecified atom stereocenters. The number of amides is 3. The van der Waals surface area contributed by atoms with Crippen molar-refractivity contribution in [1.29, 1.82) is 0 Å². The molecule has 0 saturated carbocycles. The van der Waals surface area contributed by atoms with Crippen molar-refractivity contribution in [2.45, 2.75) is 25.7 Å². The van der Waals surface area contributed by atoms with Crippen LogP contribution in [-0.4, -0.2) is 85.3 Å². The predicted octanol–water partition coefficient (Wildman–Crippen LogP) is 2.92. The van der Waals surface area contributed by atoms with Crippen molar-refractivity contribution in [1.82, 2.24) is 20.0 Å². The number of rotatable bonds is 7. The predicted molar refractivity (Wildman–Crippen MR) is 131 cm³/mol. The fraction of sp³-hybridized carbons (Fsp3) is 0.542. The second-order valence-corrected chi connectivity index (χ2v) is 9.36. The van der Waals surface area contributed by atoms with Gasteiger partial charge in [0.1, 0.15) is 0 Å². The molecule has 2 saturated heterocycles. The maximum absolute atomic E-state index is 12.6. The van der Waals surface area contributed by atoms with E-state index in [0.717, 1.165) is 44.5 Å². The third-order valence-electron chi connectivity index (χ3n) is 6.37. The molecular formula is C24H32Cl2N4O3. The summed E-state index contributed by atoms with van der Waals surface area (Å²) in [5, 5.41) is 3.65. The fourth-order valence-electron chi connectivity index (χ4n) is 4.32. The number of piperidine rings is 1. The highest BCUT2D eigenvalue weighted by Gasteiger charge is 2.25. The zero-order chi connectivity index (χ0) is 23.8. The van der Waals surface area contributed by atoms with E-state index in [1.54, 1.807) is 36.2 Å². The summed E-state index contributed by atoms with van der Waals surface area (Å²) in [6, 6.07) is 5.20. The van der Waals surface area contributed by atoms with Gasteiger partial charge in [0.05, 0.1) is 10.0 Å². The maximum Gasteiger partial charge on any atom is 0.246 e. The van der Waals surface area contributed by atoms with Crippen LogP contribution >= 0.6 is 23.2 Å². The van der Waals surface area contributed by atoms with E-state index in [2.05, 4.69) is 10.2 Å². The minimum Gasteiger partial charge on any atom is -0.359 e. The standard InChI is InChI=1S/C24H32Cl2N4O3/c1-27-24(33)19-7-12-28(13-8-19)10-2-11-29-15-16-30(14-9-23(29)32)22(31)6-4-18-3-5-20(25)21(26)17-18/h3-6,17,19H,2,7-16H2,1H3,(H,27,33)/b6-4+. The number of carbonyl (C=O) groups excluding carboxylic acids is 3. The lowest BCUT2D eigenvalue weighted by Gasteiger charge is -2.31. The Kier molecular flexibility index (Phi) is 9.59. The SMILES string of the molecule is CNC(=O)C1CCN(CCCN2CCN(C(=O)/C=C/c3ccc(Cl)c(Cl)c3)CCC2=O)CC1. The lowest BCUT2D eigenvalue weighted by Crippen LogP contribution is -2.41. The molecule has 2 aliphatic rings. The molecule has 2 heterocycles. The Labute approximate surface area is 205 Å². The largest absolute Gasteiger partial charge is 0.359 e. The Bertz CT molecular complexity index is 884. The van der Waals surface area contributed by atoms with Gasteiger partial charge in [-0.05, 0) is 62.7 Å². The lowest BCUT2D eigenvalue weighted by atomic mass is 9.96. The quantitative estimate of drug-likeness (QED) is 0.591. The van der Waals surface area contributed by atoms with Crippen LogP contribution in [0.3, 0.4) is 0 Å². The summed E-state index contributed by atoms with van der Waals surface area (Å²) in [5.41, 5.74) is 0.796. The van der Waals surface area contributed by atoms with E-state index in [0.29, 0.717) is 42.6 Å². The number of benzene rings is 1. The zero-order valence-electron chi connectivity index (χ0n) is 19.1. The fourth-order valence-corrected chi connectivity index (χ4v) is 4.63. The van der Waals surface area contributed by atoms with Gasteiger partial charge in [0.25, 0.3) is 0 Å². The van der Waals surface area contributed by atoms with Crippen molar-refractivity contribution >= 4 is 47.0 Å². The molecule has 3 amide bonds. The van der Waals surface area contributed by atoms with E-state index in [1.165, 1.54) is 6.08 Å². The van der Waals surface area contributed by atoms with Crippen LogP contribution in [0.4, 0.5) is 0 Å². The van der Waals surface area contributed by atoms with Crippen LogP contribution in [0.2, 0.25) is 10.0 Å². The van der Waals surface area contributed by atoms with E-state index in [1.807, 2.05) is 4.90 Å². The summed E-state index contributed by atoms with van der Waals surface area (Å²) >= 11 is 12.0. The summed E-state index contributed by atoms with van der Waals surface area (Å²) in [6.45, 7) is 4.93. The van der Waals surface area contributed by atoms with Crippen LogP contribution < -0.4 is 5.32 Å². The summed E-state index contributed by atoms with van der Waals surface area (Å²) in [5.74, 6) is 0.232. The van der Waals surface area contributed by atoms with Gasteiger partial charge in [0.2, 0.25) is 17.7 Å². The van der Waals surface area contributed by atoms with E-state index in [4.69, 9.17) is 23.2 Å². The molecule has 0 spiro atoms. The number of hydrogen-bond acceptors (Lipinski definition) is 4. The van der Waals surface area contributed by atoms with Crippen molar-refractivity contribution in [2.24, 2.45) is 5.92 Å². The van der Waals surface area contributed by atoms with Crippen molar-refractivity contribution in [2.75, 3.05) is 52.9 Å². The third-order valence-corrected chi connectivity index (χ3v) is 7.11. The van der Waals surface area contributed by atoms with Crippen LogP contribution in [0.25, 0.3) is 6.08 Å². The second-order valence-electron chi connectivity index (χ2n) is 8.55. The molecule has 0 aromatic heterocycles. The molecular weight excluding hydrogens is 463 g/mol. The van der Waals surface area contributed by atoms with Crippen LogP contribution in [0.15, 0.2) is 24.3 Å². The summed E-state index contributed by atoms with van der Waals surface area (Å²) in [4.78, 5) is 42.9. The van der Waals surface area contributed by atoms with Gasteiger partial charge >= 0.3 is 0 Å². The normalized spacial score (nSPS) is 18.6.